The molecule has 0 radical (unpaired) electrons. The average Bonchev–Trinajstić information content (AvgIpc) is 2.51. The Morgan fingerprint density at radius 1 is 0.526 bits per heavy atom. The summed E-state index contributed by atoms with van der Waals surface area (Å²) in [5.41, 5.74) is 0. The van der Waals surface area contributed by atoms with Crippen LogP contribution in [-0.4, -0.2) is 4.98 Å². The first-order chi connectivity index (χ1) is 9.45. The predicted molar refractivity (Wildman–Crippen MR) is 82.9 cm³/mol. The topological polar surface area (TPSA) is 12.9 Å². The zero-order valence-electron chi connectivity index (χ0n) is 10.5. The molecule has 0 spiro atoms. The monoisotopic (exact) mass is 263 g/mol. The molecule has 0 aliphatic rings. The largest absolute Gasteiger partial charge is 0.265 e. The molecular formula is C17H14NP. The molecule has 0 atom stereocenters. The number of nitrogens with zero attached hydrogens (tertiary/aromatic N) is 1. The van der Waals surface area contributed by atoms with Gasteiger partial charge < -0.3 is 0 Å². The molecular weight excluding hydrogens is 249 g/mol. The van der Waals surface area contributed by atoms with Crippen molar-refractivity contribution in [2.24, 2.45) is 0 Å². The number of hydrogen-bond donors (Lipinski definition) is 0. The molecule has 0 saturated heterocycles. The second-order valence-corrected chi connectivity index (χ2v) is 6.43. The molecule has 0 saturated carbocycles. The minimum atomic E-state index is -0.486. The van der Waals surface area contributed by atoms with Crippen LogP contribution in [-0.2, 0) is 0 Å². The van der Waals surface area contributed by atoms with Crippen LogP contribution in [0, 0.1) is 0 Å². The third kappa shape index (κ3) is 2.72. The first-order valence-corrected chi connectivity index (χ1v) is 7.59. The lowest BCUT2D eigenvalue weighted by Gasteiger charge is -2.18. The molecule has 0 aliphatic heterocycles. The van der Waals surface area contributed by atoms with E-state index in [1.54, 1.807) is 0 Å². The summed E-state index contributed by atoms with van der Waals surface area (Å²) in [7, 11) is -0.486. The van der Waals surface area contributed by atoms with Gasteiger partial charge in [-0.25, -0.2) is 0 Å². The van der Waals surface area contributed by atoms with Gasteiger partial charge in [0.05, 0.1) is 0 Å². The normalized spacial score (nSPS) is 10.6. The van der Waals surface area contributed by atoms with Crippen molar-refractivity contribution in [1.82, 2.24) is 4.98 Å². The standard InChI is InChI=1S/C17H14NP/c1-3-7-15(8-4-1)19(16-9-5-2-6-10-16)17-11-13-18-14-12-17/h1-14H. The van der Waals surface area contributed by atoms with Crippen molar-refractivity contribution in [3.05, 3.63) is 85.2 Å². The molecule has 0 unspecified atom stereocenters. The number of benzene rings is 2. The van der Waals surface area contributed by atoms with Crippen LogP contribution in [0.2, 0.25) is 0 Å². The molecule has 0 aliphatic carbocycles. The Morgan fingerprint density at radius 3 is 1.42 bits per heavy atom. The zero-order chi connectivity index (χ0) is 12.9. The minimum absolute atomic E-state index is 0.486. The summed E-state index contributed by atoms with van der Waals surface area (Å²) in [6.45, 7) is 0. The first-order valence-electron chi connectivity index (χ1n) is 6.25. The number of hydrogen-bond acceptors (Lipinski definition) is 1. The third-order valence-corrected chi connectivity index (χ3v) is 5.39. The van der Waals surface area contributed by atoms with Crippen LogP contribution in [0.25, 0.3) is 0 Å². The Kier molecular flexibility index (Phi) is 3.67. The van der Waals surface area contributed by atoms with Crippen molar-refractivity contribution in [3.63, 3.8) is 0 Å². The number of rotatable bonds is 3. The smallest absolute Gasteiger partial charge is 0.0274 e. The van der Waals surface area contributed by atoms with E-state index < -0.39 is 7.92 Å². The molecule has 3 rings (SSSR count). The molecule has 1 nitrogen and oxygen atoms in total. The van der Waals surface area contributed by atoms with Gasteiger partial charge in [0.2, 0.25) is 0 Å². The SMILES string of the molecule is c1ccc(P(c2ccccc2)c2ccncc2)cc1. The highest BCUT2D eigenvalue weighted by Crippen LogP contribution is 2.31. The molecule has 19 heavy (non-hydrogen) atoms. The van der Waals surface area contributed by atoms with E-state index in [4.69, 9.17) is 0 Å². The van der Waals surface area contributed by atoms with Crippen molar-refractivity contribution in [1.29, 1.82) is 0 Å². The Morgan fingerprint density at radius 2 is 0.947 bits per heavy atom. The molecule has 1 aromatic heterocycles. The van der Waals surface area contributed by atoms with Gasteiger partial charge in [-0.15, -0.1) is 0 Å². The van der Waals surface area contributed by atoms with E-state index >= 15 is 0 Å². The molecule has 1 heterocycles. The first kappa shape index (κ1) is 12.1. The van der Waals surface area contributed by atoms with E-state index in [9.17, 15) is 0 Å². The van der Waals surface area contributed by atoms with Crippen LogP contribution >= 0.6 is 7.92 Å². The maximum atomic E-state index is 4.13. The van der Waals surface area contributed by atoms with Crippen LogP contribution in [0.5, 0.6) is 0 Å². The fraction of sp³-hybridized carbons (Fsp3) is 0. The molecule has 3 aromatic rings. The summed E-state index contributed by atoms with van der Waals surface area (Å²) >= 11 is 0. The van der Waals surface area contributed by atoms with Crippen LogP contribution in [0.4, 0.5) is 0 Å². The van der Waals surface area contributed by atoms with Gasteiger partial charge >= 0.3 is 0 Å². The Balaban J connectivity index is 2.12. The molecule has 0 N–H and O–H groups in total. The van der Waals surface area contributed by atoms with Gasteiger partial charge in [-0.2, -0.15) is 0 Å². The van der Waals surface area contributed by atoms with Gasteiger partial charge in [0.25, 0.3) is 0 Å². The fourth-order valence-corrected chi connectivity index (χ4v) is 4.36. The highest BCUT2D eigenvalue weighted by Gasteiger charge is 2.15. The highest BCUT2D eigenvalue weighted by atomic mass is 31.1. The summed E-state index contributed by atoms with van der Waals surface area (Å²) in [5.74, 6) is 0. The van der Waals surface area contributed by atoms with Crippen LogP contribution in [0.1, 0.15) is 0 Å². The van der Waals surface area contributed by atoms with Gasteiger partial charge in [-0.1, -0.05) is 60.7 Å². The zero-order valence-corrected chi connectivity index (χ0v) is 11.4. The average molecular weight is 263 g/mol. The van der Waals surface area contributed by atoms with Crippen LogP contribution in [0.3, 0.4) is 0 Å². The van der Waals surface area contributed by atoms with Gasteiger partial charge in [0.15, 0.2) is 0 Å². The molecule has 2 heteroatoms. The summed E-state index contributed by atoms with van der Waals surface area (Å²) < 4.78 is 0. The summed E-state index contributed by atoms with van der Waals surface area (Å²) in [5, 5.41) is 4.08. The van der Waals surface area contributed by atoms with E-state index in [1.807, 2.05) is 12.4 Å². The summed E-state index contributed by atoms with van der Waals surface area (Å²) in [6, 6.07) is 25.6. The van der Waals surface area contributed by atoms with Crippen molar-refractivity contribution in [2.75, 3.05) is 0 Å². The lowest BCUT2D eigenvalue weighted by molar-refractivity contribution is 1.34. The van der Waals surface area contributed by atoms with Crippen LogP contribution in [0.15, 0.2) is 85.2 Å². The van der Waals surface area contributed by atoms with E-state index in [0.717, 1.165) is 0 Å². The number of pyridine rings is 1. The van der Waals surface area contributed by atoms with Gasteiger partial charge in [0, 0.05) is 12.4 Å². The maximum Gasteiger partial charge on any atom is 0.0274 e. The van der Waals surface area contributed by atoms with Gasteiger partial charge in [0.1, 0.15) is 0 Å². The third-order valence-electron chi connectivity index (χ3n) is 2.95. The van der Waals surface area contributed by atoms with Crippen molar-refractivity contribution in [3.8, 4) is 0 Å². The lowest BCUT2D eigenvalue weighted by Crippen LogP contribution is -2.20. The van der Waals surface area contributed by atoms with E-state index in [0.29, 0.717) is 0 Å². The van der Waals surface area contributed by atoms with Crippen molar-refractivity contribution in [2.45, 2.75) is 0 Å². The molecule has 0 fully saturated rings. The van der Waals surface area contributed by atoms with Crippen LogP contribution < -0.4 is 15.9 Å². The van der Waals surface area contributed by atoms with Gasteiger partial charge in [-0.05, 0) is 36.0 Å². The lowest BCUT2D eigenvalue weighted by atomic mass is 10.4. The van der Waals surface area contributed by atoms with E-state index in [2.05, 4.69) is 77.8 Å². The predicted octanol–water partition coefficient (Wildman–Crippen LogP) is 2.84. The van der Waals surface area contributed by atoms with E-state index in [-0.39, 0.29) is 0 Å². The molecule has 2 aromatic carbocycles. The van der Waals surface area contributed by atoms with Gasteiger partial charge in [-0.3, -0.25) is 4.98 Å². The number of aromatic nitrogens is 1. The van der Waals surface area contributed by atoms with Crippen molar-refractivity contribution >= 4 is 23.8 Å². The second kappa shape index (κ2) is 5.77. The minimum Gasteiger partial charge on any atom is -0.265 e. The summed E-state index contributed by atoms with van der Waals surface area (Å²) in [6.07, 6.45) is 3.74. The Hall–Kier alpha value is -1.98. The fourth-order valence-electron chi connectivity index (χ4n) is 2.09. The second-order valence-electron chi connectivity index (χ2n) is 4.21. The Bertz CT molecular complexity index is 529. The maximum absolute atomic E-state index is 4.13. The van der Waals surface area contributed by atoms with Crippen molar-refractivity contribution < 1.29 is 0 Å². The highest BCUT2D eigenvalue weighted by molar-refractivity contribution is 7.79. The Labute approximate surface area is 114 Å². The van der Waals surface area contributed by atoms with E-state index in [1.165, 1.54) is 15.9 Å². The molecule has 92 valence electrons. The molecule has 0 bridgehead atoms. The molecule has 0 amide bonds. The summed E-state index contributed by atoms with van der Waals surface area (Å²) in [4.78, 5) is 4.13. The quantitative estimate of drug-likeness (QED) is 0.662.